The number of rotatable bonds is 5. The Balaban J connectivity index is 1.48. The highest BCUT2D eigenvalue weighted by molar-refractivity contribution is 6.34. The van der Waals surface area contributed by atoms with Crippen LogP contribution in [0.1, 0.15) is 6.42 Å². The Kier molecular flexibility index (Phi) is 3.98. The van der Waals surface area contributed by atoms with Gasteiger partial charge in [0.25, 0.3) is 0 Å². The molecule has 1 fully saturated rings. The maximum absolute atomic E-state index is 6.41. The summed E-state index contributed by atoms with van der Waals surface area (Å²) in [5, 5.41) is 1.91. The summed E-state index contributed by atoms with van der Waals surface area (Å²) in [5.74, 6) is 1.56. The standard InChI is InChI=1S/C19H18ClNO2/c20-18-10-19-15(5-7-21-19)9-17(18)14-1-3-16(4-2-14)23-8-6-13-11-22-12-13/h1-5,7,9-10,13,21H,6,8,11-12H2. The van der Waals surface area contributed by atoms with Gasteiger partial charge in [0.15, 0.2) is 0 Å². The molecule has 0 bridgehead atoms. The molecule has 0 radical (unpaired) electrons. The molecule has 4 rings (SSSR count). The Morgan fingerprint density at radius 1 is 1.13 bits per heavy atom. The lowest BCUT2D eigenvalue weighted by Crippen LogP contribution is -2.28. The fourth-order valence-corrected chi connectivity index (χ4v) is 3.09. The number of hydrogen-bond donors (Lipinski definition) is 1. The van der Waals surface area contributed by atoms with Crippen molar-refractivity contribution in [3.63, 3.8) is 0 Å². The molecular formula is C19H18ClNO2. The molecule has 118 valence electrons. The van der Waals surface area contributed by atoms with Gasteiger partial charge in [-0.2, -0.15) is 0 Å². The summed E-state index contributed by atoms with van der Waals surface area (Å²) in [5.41, 5.74) is 3.19. The van der Waals surface area contributed by atoms with Crippen LogP contribution >= 0.6 is 11.6 Å². The van der Waals surface area contributed by atoms with E-state index >= 15 is 0 Å². The van der Waals surface area contributed by atoms with E-state index in [0.29, 0.717) is 5.92 Å². The molecule has 23 heavy (non-hydrogen) atoms. The Hall–Kier alpha value is -1.97. The third-order valence-corrected chi connectivity index (χ3v) is 4.62. The average Bonchev–Trinajstić information content (AvgIpc) is 2.97. The summed E-state index contributed by atoms with van der Waals surface area (Å²) < 4.78 is 11.0. The van der Waals surface area contributed by atoms with E-state index in [4.69, 9.17) is 21.1 Å². The average molecular weight is 328 g/mol. The molecule has 0 spiro atoms. The van der Waals surface area contributed by atoms with Gasteiger partial charge in [-0.1, -0.05) is 23.7 Å². The van der Waals surface area contributed by atoms with Crippen LogP contribution in [0.4, 0.5) is 0 Å². The molecule has 3 nitrogen and oxygen atoms in total. The molecule has 2 aromatic carbocycles. The predicted octanol–water partition coefficient (Wildman–Crippen LogP) is 4.90. The molecule has 1 aromatic heterocycles. The van der Waals surface area contributed by atoms with Crippen molar-refractivity contribution in [3.05, 3.63) is 53.7 Å². The summed E-state index contributed by atoms with van der Waals surface area (Å²) in [6.07, 6.45) is 2.98. The van der Waals surface area contributed by atoms with Crippen molar-refractivity contribution >= 4 is 22.5 Å². The Morgan fingerprint density at radius 3 is 2.70 bits per heavy atom. The van der Waals surface area contributed by atoms with Gasteiger partial charge in [0.2, 0.25) is 0 Å². The van der Waals surface area contributed by atoms with Gasteiger partial charge in [0.1, 0.15) is 5.75 Å². The van der Waals surface area contributed by atoms with E-state index < -0.39 is 0 Å². The first kappa shape index (κ1) is 14.6. The smallest absolute Gasteiger partial charge is 0.119 e. The molecule has 0 unspecified atom stereocenters. The molecule has 1 saturated heterocycles. The second-order valence-electron chi connectivity index (χ2n) is 5.96. The van der Waals surface area contributed by atoms with E-state index in [2.05, 4.69) is 29.2 Å². The monoisotopic (exact) mass is 327 g/mol. The van der Waals surface area contributed by atoms with Crippen LogP contribution in [-0.4, -0.2) is 24.8 Å². The molecule has 0 amide bonds. The first-order valence-electron chi connectivity index (χ1n) is 7.87. The van der Waals surface area contributed by atoms with Gasteiger partial charge in [-0.3, -0.25) is 0 Å². The van der Waals surface area contributed by atoms with Crippen molar-refractivity contribution in [3.8, 4) is 16.9 Å². The maximum Gasteiger partial charge on any atom is 0.119 e. The lowest BCUT2D eigenvalue weighted by Gasteiger charge is -2.25. The quantitative estimate of drug-likeness (QED) is 0.723. The molecule has 0 aliphatic carbocycles. The molecule has 1 N–H and O–H groups in total. The summed E-state index contributed by atoms with van der Waals surface area (Å²) in [7, 11) is 0. The molecule has 0 saturated carbocycles. The third-order valence-electron chi connectivity index (χ3n) is 4.31. The number of H-pyrrole nitrogens is 1. The van der Waals surface area contributed by atoms with E-state index in [-0.39, 0.29) is 0 Å². The molecule has 3 aromatic rings. The SMILES string of the molecule is Clc1cc2[nH]ccc2cc1-c1ccc(OCCC2COC2)cc1. The second-order valence-corrected chi connectivity index (χ2v) is 6.37. The van der Waals surface area contributed by atoms with Crippen molar-refractivity contribution in [2.75, 3.05) is 19.8 Å². The highest BCUT2D eigenvalue weighted by Gasteiger charge is 2.17. The van der Waals surface area contributed by atoms with Gasteiger partial charge in [0, 0.05) is 28.6 Å². The molecule has 1 aliphatic heterocycles. The number of fused-ring (bicyclic) bond motifs is 1. The number of nitrogens with one attached hydrogen (secondary N) is 1. The number of ether oxygens (including phenoxy) is 2. The zero-order valence-electron chi connectivity index (χ0n) is 12.7. The minimum atomic E-state index is 0.668. The Morgan fingerprint density at radius 2 is 1.96 bits per heavy atom. The van der Waals surface area contributed by atoms with Crippen molar-refractivity contribution in [1.29, 1.82) is 0 Å². The number of aromatic amines is 1. The van der Waals surface area contributed by atoms with E-state index in [9.17, 15) is 0 Å². The van der Waals surface area contributed by atoms with Crippen LogP contribution in [0, 0.1) is 5.92 Å². The van der Waals surface area contributed by atoms with Gasteiger partial charge in [-0.25, -0.2) is 0 Å². The molecule has 2 heterocycles. The van der Waals surface area contributed by atoms with Crippen molar-refractivity contribution in [2.45, 2.75) is 6.42 Å². The van der Waals surface area contributed by atoms with Gasteiger partial charge >= 0.3 is 0 Å². The minimum absolute atomic E-state index is 0.668. The summed E-state index contributed by atoms with van der Waals surface area (Å²) in [6, 6.07) is 14.3. The fourth-order valence-electron chi connectivity index (χ4n) is 2.82. The van der Waals surface area contributed by atoms with E-state index in [1.807, 2.05) is 24.4 Å². The second kappa shape index (κ2) is 6.26. The van der Waals surface area contributed by atoms with Crippen molar-refractivity contribution in [2.24, 2.45) is 5.92 Å². The number of benzene rings is 2. The van der Waals surface area contributed by atoms with Crippen LogP contribution < -0.4 is 4.74 Å². The van der Waals surface area contributed by atoms with Crippen LogP contribution in [0.15, 0.2) is 48.7 Å². The van der Waals surface area contributed by atoms with Crippen LogP contribution in [0.25, 0.3) is 22.0 Å². The summed E-state index contributed by atoms with van der Waals surface area (Å²) in [4.78, 5) is 3.18. The van der Waals surface area contributed by atoms with Gasteiger partial charge < -0.3 is 14.5 Å². The van der Waals surface area contributed by atoms with Crippen LogP contribution in [0.5, 0.6) is 5.75 Å². The fraction of sp³-hybridized carbons (Fsp3) is 0.263. The Bertz CT molecular complexity index is 806. The maximum atomic E-state index is 6.41. The van der Waals surface area contributed by atoms with E-state index in [1.54, 1.807) is 0 Å². The molecule has 0 atom stereocenters. The van der Waals surface area contributed by atoms with Gasteiger partial charge in [0.05, 0.1) is 24.8 Å². The normalized spacial score (nSPS) is 14.8. The summed E-state index contributed by atoms with van der Waals surface area (Å²) >= 11 is 6.41. The van der Waals surface area contributed by atoms with Crippen molar-refractivity contribution < 1.29 is 9.47 Å². The van der Waals surface area contributed by atoms with Gasteiger partial charge in [-0.05, 0) is 42.3 Å². The third kappa shape index (κ3) is 3.07. The lowest BCUT2D eigenvalue weighted by molar-refractivity contribution is -0.0401. The summed E-state index contributed by atoms with van der Waals surface area (Å²) in [6.45, 7) is 2.49. The lowest BCUT2D eigenvalue weighted by atomic mass is 10.0. The minimum Gasteiger partial charge on any atom is -0.494 e. The number of aromatic nitrogens is 1. The van der Waals surface area contributed by atoms with E-state index in [1.165, 1.54) is 0 Å². The number of halogens is 1. The Labute approximate surface area is 140 Å². The highest BCUT2D eigenvalue weighted by atomic mass is 35.5. The first-order valence-corrected chi connectivity index (χ1v) is 8.25. The predicted molar refractivity (Wildman–Crippen MR) is 93.2 cm³/mol. The largest absolute Gasteiger partial charge is 0.494 e. The topological polar surface area (TPSA) is 34.2 Å². The van der Waals surface area contributed by atoms with E-state index in [0.717, 1.165) is 59.0 Å². The molecule has 4 heteroatoms. The highest BCUT2D eigenvalue weighted by Crippen LogP contribution is 2.32. The van der Waals surface area contributed by atoms with Crippen molar-refractivity contribution in [1.82, 2.24) is 4.98 Å². The van der Waals surface area contributed by atoms with Crippen LogP contribution in [0.2, 0.25) is 5.02 Å². The first-order chi connectivity index (χ1) is 11.3. The molecular weight excluding hydrogens is 310 g/mol. The van der Waals surface area contributed by atoms with Crippen LogP contribution in [-0.2, 0) is 4.74 Å². The molecule has 1 aliphatic rings. The number of hydrogen-bond acceptors (Lipinski definition) is 2. The zero-order chi connectivity index (χ0) is 15.6. The van der Waals surface area contributed by atoms with Gasteiger partial charge in [-0.15, -0.1) is 0 Å². The van der Waals surface area contributed by atoms with Crippen LogP contribution in [0.3, 0.4) is 0 Å². The zero-order valence-corrected chi connectivity index (χ0v) is 13.5.